The van der Waals surface area contributed by atoms with Crippen molar-refractivity contribution in [2.75, 3.05) is 32.7 Å². The predicted molar refractivity (Wildman–Crippen MR) is 447 cm³/mol. The van der Waals surface area contributed by atoms with E-state index in [9.17, 15) is 63.0 Å². The number of hydrogen-bond donors (Lipinski definition) is 25. The van der Waals surface area contributed by atoms with E-state index in [4.69, 9.17) is 39.5 Å². The number of H-pyrrole nitrogens is 2. The summed E-state index contributed by atoms with van der Waals surface area (Å²) in [6.07, 6.45) is 4.19. The van der Waals surface area contributed by atoms with Crippen LogP contribution in [-0.2, 0) is 99.2 Å². The van der Waals surface area contributed by atoms with Gasteiger partial charge in [-0.3, -0.25) is 77.9 Å². The second-order valence-electron chi connectivity index (χ2n) is 29.4. The maximum atomic E-state index is 15.2. The van der Waals surface area contributed by atoms with Crippen molar-refractivity contribution >= 4 is 106 Å². The number of carbonyl (C=O) groups is 14. The van der Waals surface area contributed by atoms with Gasteiger partial charge in [0.25, 0.3) is 0 Å². The van der Waals surface area contributed by atoms with Crippen molar-refractivity contribution in [2.24, 2.45) is 34.6 Å². The molecule has 2 heterocycles. The quantitative estimate of drug-likeness (QED) is 0.0103. The van der Waals surface area contributed by atoms with Crippen molar-refractivity contribution < 1.29 is 77.3 Å². The Hall–Kier alpha value is -13.5. The van der Waals surface area contributed by atoms with Gasteiger partial charge in [0.1, 0.15) is 66.2 Å². The zero-order valence-corrected chi connectivity index (χ0v) is 67.8. The lowest BCUT2D eigenvalue weighted by molar-refractivity contribution is -0.141. The van der Waals surface area contributed by atoms with Gasteiger partial charge in [0.2, 0.25) is 76.8 Å². The number of primary amides is 1. The molecule has 121 heavy (non-hydrogen) atoms. The summed E-state index contributed by atoms with van der Waals surface area (Å²) in [7, 11) is 0. The third kappa shape index (κ3) is 34.1. The van der Waals surface area contributed by atoms with E-state index in [1.165, 1.54) is 24.7 Å². The molecule has 40 nitrogen and oxygen atoms in total. The number of phenols is 1. The van der Waals surface area contributed by atoms with Crippen molar-refractivity contribution in [3.05, 3.63) is 156 Å². The normalized spacial score (nSPS) is 13.8. The molecule has 0 spiro atoms. The Morgan fingerprint density at radius 3 is 1.40 bits per heavy atom. The number of hydrogen-bond acceptors (Lipinski definition) is 20. The topological polar surface area (TPSA) is 670 Å². The minimum Gasteiger partial charge on any atom is -0.508 e. The lowest BCUT2D eigenvalue weighted by Crippen LogP contribution is -2.61. The standard InChI is InChI=1S/C81H114N24O16/c1-4-5-24-56(99-79(121)68(46(2)3)105-78(120)61(37-49-28-30-52(106)31-29-49)100-69(111)54(83)23-14-15-32-82)70(112)94-44-66(108)96-63(39-51-42-89-45-95-51)76(118)102-60(36-48-20-10-7-11-21-48)74(116)97-58(27-17-34-91-81(87)88)73(115)103-62(38-50-41-92-55-25-13-12-22-53(50)55)75(117)104-64(40-67(109)110)77(119)98-57(26-16-33-90-80(85)86)72(114)101-59(71(113)93-43-65(84)107)35-47-18-8-6-9-19-47/h6-13,18-22,25,28-31,41-42,45-46,54,56-64,68,92,106H,4-5,14-17,23-24,26-27,32-40,43-44,82-83H2,1-3H3,(H2,84,107)(H,89,95)(H,93,113)(H,94,112)(H,96,108)(H,97,116)(H,98,119)(H,99,121)(H,100,111)(H,101,114)(H,102,118)(H,103,115)(H,104,117)(H,105,120)(H,109,110)(H4,85,86,90)(H4,87,88,91)/t54-,56-,57-,58-,59-,60+,61-,62+,63-,64-,68-/m0/s1. The van der Waals surface area contributed by atoms with Crippen LogP contribution in [0.3, 0.4) is 0 Å². The Morgan fingerprint density at radius 1 is 0.446 bits per heavy atom. The molecule has 0 aliphatic rings. The molecule has 40 heteroatoms. The first-order chi connectivity index (χ1) is 57.8. The van der Waals surface area contributed by atoms with Gasteiger partial charge in [-0.05, 0) is 97.9 Å². The third-order valence-corrected chi connectivity index (χ3v) is 19.3. The first-order valence-corrected chi connectivity index (χ1v) is 39.9. The molecule has 6 aromatic rings. The van der Waals surface area contributed by atoms with E-state index < -0.39 is 187 Å². The van der Waals surface area contributed by atoms with Crippen molar-refractivity contribution in [2.45, 2.75) is 190 Å². The minimum absolute atomic E-state index is 0.00489. The molecule has 0 aliphatic heterocycles. The average Bonchev–Trinajstić information content (AvgIpc) is 1.68. The predicted octanol–water partition coefficient (Wildman–Crippen LogP) is -3.02. The van der Waals surface area contributed by atoms with Crippen LogP contribution >= 0.6 is 0 Å². The molecule has 0 aliphatic carbocycles. The summed E-state index contributed by atoms with van der Waals surface area (Å²) in [6.45, 7) is 4.15. The van der Waals surface area contributed by atoms with E-state index in [1.807, 2.05) is 6.92 Å². The zero-order valence-electron chi connectivity index (χ0n) is 67.8. The molecule has 0 radical (unpaired) electrons. The van der Waals surface area contributed by atoms with Crippen LogP contribution in [0, 0.1) is 16.7 Å². The summed E-state index contributed by atoms with van der Waals surface area (Å²) in [4.78, 5) is 208. The highest BCUT2D eigenvalue weighted by Gasteiger charge is 2.38. The molecule has 0 unspecified atom stereocenters. The fourth-order valence-electron chi connectivity index (χ4n) is 12.8. The number of aliphatic carboxylic acids is 1. The molecule has 4 aromatic carbocycles. The first-order valence-electron chi connectivity index (χ1n) is 39.9. The number of nitrogens with two attached hydrogens (primary N) is 5. The second-order valence-corrected chi connectivity index (χ2v) is 29.4. The van der Waals surface area contributed by atoms with Crippen LogP contribution < -0.4 is 103 Å². The molecular weight excluding hydrogens is 1570 g/mol. The minimum atomic E-state index is -2.00. The second kappa shape index (κ2) is 50.3. The summed E-state index contributed by atoms with van der Waals surface area (Å²) in [5, 5.41) is 72.8. The van der Waals surface area contributed by atoms with Crippen LogP contribution in [0.1, 0.15) is 119 Å². The number of aromatic hydroxyl groups is 1. The van der Waals surface area contributed by atoms with Crippen LogP contribution in [0.4, 0.5) is 0 Å². The number of carboxylic acid groups (broad SMARTS) is 1. The van der Waals surface area contributed by atoms with Crippen molar-refractivity contribution in [3.63, 3.8) is 0 Å². The van der Waals surface area contributed by atoms with Gasteiger partial charge >= 0.3 is 5.97 Å². The summed E-state index contributed by atoms with van der Waals surface area (Å²) in [5.41, 5.74) is 31.2. The number of aromatic nitrogens is 3. The summed E-state index contributed by atoms with van der Waals surface area (Å²) in [5.74, 6) is -15.0. The van der Waals surface area contributed by atoms with Crippen LogP contribution in [-0.4, -0.2) is 219 Å². The molecule has 0 saturated carbocycles. The van der Waals surface area contributed by atoms with Crippen LogP contribution in [0.2, 0.25) is 0 Å². The van der Waals surface area contributed by atoms with Crippen LogP contribution in [0.25, 0.3) is 10.9 Å². The van der Waals surface area contributed by atoms with E-state index in [0.717, 1.165) is 0 Å². The molecule has 0 saturated heterocycles. The van der Waals surface area contributed by atoms with Gasteiger partial charge in [-0.25, -0.2) is 4.98 Å². The number of aromatic amines is 2. The summed E-state index contributed by atoms with van der Waals surface area (Å²) < 4.78 is 0. The molecular formula is C81H114N24O16. The largest absolute Gasteiger partial charge is 0.508 e. The maximum absolute atomic E-state index is 15.2. The number of phenolic OH excluding ortho intramolecular Hbond substituents is 1. The number of carbonyl (C=O) groups excluding carboxylic acids is 13. The van der Waals surface area contributed by atoms with E-state index in [1.54, 1.807) is 117 Å². The highest BCUT2D eigenvalue weighted by atomic mass is 16.4. The van der Waals surface area contributed by atoms with Gasteiger partial charge in [-0.2, -0.15) is 0 Å². The molecule has 6 rings (SSSR count). The highest BCUT2D eigenvalue weighted by Crippen LogP contribution is 2.21. The Balaban J connectivity index is 1.25. The number of carboxylic acids is 1. The van der Waals surface area contributed by atoms with Gasteiger partial charge in [0, 0.05) is 68.5 Å². The number of rotatable bonds is 53. The number of unbranched alkanes of at least 4 members (excludes halogenated alkanes) is 2. The van der Waals surface area contributed by atoms with E-state index >= 15 is 14.4 Å². The number of guanidine groups is 2. The lowest BCUT2D eigenvalue weighted by atomic mass is 9.99. The Labute approximate surface area is 699 Å². The number of nitrogens with one attached hydrogen (secondary N) is 18. The maximum Gasteiger partial charge on any atom is 0.305 e. The van der Waals surface area contributed by atoms with Gasteiger partial charge in [0.05, 0.1) is 37.6 Å². The number of imidazole rings is 1. The Bertz CT molecular complexity index is 4460. The fourth-order valence-corrected chi connectivity index (χ4v) is 12.8. The summed E-state index contributed by atoms with van der Waals surface area (Å²) >= 11 is 0. The zero-order chi connectivity index (χ0) is 88.5. The smallest absolute Gasteiger partial charge is 0.305 e. The number of amides is 13. The molecule has 0 fully saturated rings. The first kappa shape index (κ1) is 96.3. The van der Waals surface area contributed by atoms with Gasteiger partial charge < -0.3 is 123 Å². The summed E-state index contributed by atoms with van der Waals surface area (Å²) in [6, 6.07) is 13.4. The van der Waals surface area contributed by atoms with Crippen molar-refractivity contribution in [3.8, 4) is 5.75 Å². The number of para-hydroxylation sites is 1. The molecule has 2 aromatic heterocycles. The van der Waals surface area contributed by atoms with Gasteiger partial charge in [-0.1, -0.05) is 131 Å². The number of fused-ring (bicyclic) bond motifs is 1. The number of benzene rings is 4. The Morgan fingerprint density at radius 2 is 0.884 bits per heavy atom. The van der Waals surface area contributed by atoms with Gasteiger partial charge in [-0.15, -0.1) is 0 Å². The van der Waals surface area contributed by atoms with E-state index in [-0.39, 0.29) is 95.2 Å². The van der Waals surface area contributed by atoms with Crippen LogP contribution in [0.15, 0.2) is 128 Å². The van der Waals surface area contributed by atoms with Crippen molar-refractivity contribution in [1.82, 2.24) is 89.4 Å². The van der Waals surface area contributed by atoms with Crippen molar-refractivity contribution in [1.29, 1.82) is 10.8 Å². The number of nitrogens with zero attached hydrogens (tertiary/aromatic N) is 1. The molecule has 30 N–H and O–H groups in total. The lowest BCUT2D eigenvalue weighted by Gasteiger charge is -2.28. The average molecular weight is 1680 g/mol. The van der Waals surface area contributed by atoms with E-state index in [0.29, 0.717) is 65.4 Å². The third-order valence-electron chi connectivity index (χ3n) is 19.3. The SMILES string of the molecule is CCCC[C@H](NC(=O)[C@@H](NC(=O)[C@H](Cc1ccc(O)cc1)NC(=O)[C@@H](N)CCCCN)C(C)C)C(=O)NCC(=O)N[C@@H](Cc1c[nH]cn1)C(=O)N[C@H](Cc1ccccc1)C(=O)N[C@@H](CCCNC(=N)N)C(=O)N[C@H](Cc1c[nH]c2ccccc12)C(=O)N[C@@H](CC(=O)O)C(=O)N[C@@H](CCCNC(=N)N)C(=O)N[C@@H](Cc1ccccc1)C(=O)NCC(N)=O. The Kier molecular flexibility index (Phi) is 40.0. The van der Waals surface area contributed by atoms with E-state index in [2.05, 4.69) is 89.4 Å². The molecule has 13 amide bonds. The molecule has 11 atom stereocenters. The molecule has 654 valence electrons. The highest BCUT2D eigenvalue weighted by molar-refractivity contribution is 6.01. The monoisotopic (exact) mass is 1680 g/mol. The van der Waals surface area contributed by atoms with Gasteiger partial charge in [0.15, 0.2) is 11.9 Å². The van der Waals surface area contributed by atoms with Crippen LogP contribution in [0.5, 0.6) is 5.75 Å². The fraction of sp³-hybridized carbons (Fsp3) is 0.444. The molecule has 0 bridgehead atoms.